The minimum absolute atomic E-state index is 0.0588. The van der Waals surface area contributed by atoms with Crippen LogP contribution in [-0.4, -0.2) is 16.9 Å². The van der Waals surface area contributed by atoms with Crippen molar-refractivity contribution in [2.24, 2.45) is 0 Å². The van der Waals surface area contributed by atoms with E-state index in [0.717, 1.165) is 0 Å². The van der Waals surface area contributed by atoms with Gasteiger partial charge in [-0.25, -0.2) is 0 Å². The van der Waals surface area contributed by atoms with Gasteiger partial charge in [0.05, 0.1) is 11.4 Å². The number of rotatable bonds is 4. The highest BCUT2D eigenvalue weighted by atomic mass is 35.5. The van der Waals surface area contributed by atoms with Crippen molar-refractivity contribution in [3.05, 3.63) is 33.8 Å². The molecule has 3 nitrogen and oxygen atoms in total. The van der Waals surface area contributed by atoms with Gasteiger partial charge in [0.25, 0.3) is 0 Å². The first-order chi connectivity index (χ1) is 7.00. The van der Waals surface area contributed by atoms with Crippen molar-refractivity contribution in [3.8, 4) is 0 Å². The molecule has 1 rings (SSSR count). The summed E-state index contributed by atoms with van der Waals surface area (Å²) in [7, 11) is 0. The summed E-state index contributed by atoms with van der Waals surface area (Å²) in [6, 6.07) is 4.49. The molecule has 0 aliphatic heterocycles. The Bertz CT molecular complexity index is 402. The summed E-state index contributed by atoms with van der Waals surface area (Å²) >= 11 is 11.4. The molecule has 0 aromatic heterocycles. The summed E-state index contributed by atoms with van der Waals surface area (Å²) in [5.41, 5.74) is 0.308. The Hall–Kier alpha value is -1.06. The normalized spacial score (nSPS) is 10.0. The minimum atomic E-state index is -1.01. The highest BCUT2D eigenvalue weighted by molar-refractivity contribution is 6.36. The van der Waals surface area contributed by atoms with Crippen molar-refractivity contribution in [1.82, 2.24) is 0 Å². The molecule has 0 fully saturated rings. The topological polar surface area (TPSA) is 54.4 Å². The third kappa shape index (κ3) is 3.53. The molecule has 1 aromatic rings. The Morgan fingerprint density at radius 3 is 2.40 bits per heavy atom. The Labute approximate surface area is 96.6 Å². The molecular formula is C10H8Cl2O3. The van der Waals surface area contributed by atoms with E-state index in [4.69, 9.17) is 28.3 Å². The second-order valence-corrected chi connectivity index (χ2v) is 3.78. The second kappa shape index (κ2) is 5.14. The van der Waals surface area contributed by atoms with Crippen molar-refractivity contribution in [1.29, 1.82) is 0 Å². The molecule has 0 aliphatic carbocycles. The second-order valence-electron chi connectivity index (χ2n) is 2.94. The van der Waals surface area contributed by atoms with Crippen molar-refractivity contribution >= 4 is 35.0 Å². The highest BCUT2D eigenvalue weighted by Gasteiger charge is 2.12. The highest BCUT2D eigenvalue weighted by Crippen LogP contribution is 2.22. The van der Waals surface area contributed by atoms with Gasteiger partial charge in [0, 0.05) is 17.0 Å². The van der Waals surface area contributed by atoms with E-state index in [1.165, 1.54) is 12.1 Å². The predicted octanol–water partition coefficient (Wildman–Crippen LogP) is 3.04. The smallest absolute Gasteiger partial charge is 0.303 e. The average Bonchev–Trinajstić information content (AvgIpc) is 2.14. The maximum absolute atomic E-state index is 11.5. The first-order valence-corrected chi connectivity index (χ1v) is 4.96. The molecule has 0 saturated heterocycles. The maximum atomic E-state index is 11.5. The number of carboxylic acids is 1. The van der Waals surface area contributed by atoms with E-state index in [2.05, 4.69) is 0 Å². The van der Waals surface area contributed by atoms with Gasteiger partial charge in [-0.05, 0) is 18.2 Å². The summed E-state index contributed by atoms with van der Waals surface area (Å²) in [4.78, 5) is 21.8. The van der Waals surface area contributed by atoms with E-state index >= 15 is 0 Å². The van der Waals surface area contributed by atoms with Crippen molar-refractivity contribution in [2.75, 3.05) is 0 Å². The minimum Gasteiger partial charge on any atom is -0.481 e. The lowest BCUT2D eigenvalue weighted by Gasteiger charge is -2.02. The number of carbonyl (C=O) groups excluding carboxylic acids is 1. The third-order valence-electron chi connectivity index (χ3n) is 1.80. The van der Waals surface area contributed by atoms with Gasteiger partial charge in [-0.1, -0.05) is 23.2 Å². The molecule has 0 bridgehead atoms. The molecule has 0 atom stereocenters. The van der Waals surface area contributed by atoms with Crippen LogP contribution in [0.15, 0.2) is 18.2 Å². The van der Waals surface area contributed by atoms with Crippen LogP contribution in [0, 0.1) is 0 Å². The fourth-order valence-corrected chi connectivity index (χ4v) is 1.58. The Kier molecular flexibility index (Phi) is 4.12. The number of hydrogen-bond donors (Lipinski definition) is 1. The van der Waals surface area contributed by atoms with Gasteiger partial charge in [-0.2, -0.15) is 0 Å². The number of carbonyl (C=O) groups is 2. The summed E-state index contributed by atoms with van der Waals surface area (Å²) in [6.45, 7) is 0. The molecule has 0 amide bonds. The fourth-order valence-electron chi connectivity index (χ4n) is 1.07. The van der Waals surface area contributed by atoms with Crippen LogP contribution >= 0.6 is 23.2 Å². The molecule has 0 spiro atoms. The number of Topliss-reactive ketones (excluding diaryl/α,β-unsaturated/α-hetero) is 1. The van der Waals surface area contributed by atoms with E-state index in [9.17, 15) is 9.59 Å². The van der Waals surface area contributed by atoms with Gasteiger partial charge in [-0.3, -0.25) is 9.59 Å². The van der Waals surface area contributed by atoms with E-state index in [0.29, 0.717) is 10.6 Å². The zero-order valence-corrected chi connectivity index (χ0v) is 9.18. The zero-order chi connectivity index (χ0) is 11.4. The summed E-state index contributed by atoms with van der Waals surface area (Å²) in [5, 5.41) is 9.10. The van der Waals surface area contributed by atoms with Crippen LogP contribution in [0.2, 0.25) is 10.0 Å². The molecule has 1 N–H and O–H groups in total. The van der Waals surface area contributed by atoms with Gasteiger partial charge in [0.15, 0.2) is 5.78 Å². The summed E-state index contributed by atoms with van der Waals surface area (Å²) in [6.07, 6.45) is -0.255. The van der Waals surface area contributed by atoms with Crippen LogP contribution in [0.1, 0.15) is 23.2 Å². The van der Waals surface area contributed by atoms with Gasteiger partial charge < -0.3 is 5.11 Å². The first kappa shape index (κ1) is 12.0. The molecule has 15 heavy (non-hydrogen) atoms. The zero-order valence-electron chi connectivity index (χ0n) is 7.67. The molecule has 1 aromatic carbocycles. The lowest BCUT2D eigenvalue weighted by atomic mass is 10.1. The van der Waals surface area contributed by atoms with Crippen LogP contribution in [0.3, 0.4) is 0 Å². The Morgan fingerprint density at radius 2 is 1.87 bits per heavy atom. The summed E-state index contributed by atoms with van der Waals surface area (Å²) in [5.74, 6) is -1.30. The number of halogens is 2. The lowest BCUT2D eigenvalue weighted by Crippen LogP contribution is -2.04. The molecular weight excluding hydrogens is 239 g/mol. The third-order valence-corrected chi connectivity index (χ3v) is 2.35. The monoisotopic (exact) mass is 246 g/mol. The van der Waals surface area contributed by atoms with E-state index in [1.54, 1.807) is 6.07 Å². The van der Waals surface area contributed by atoms with E-state index in [-0.39, 0.29) is 23.6 Å². The number of ketones is 1. The quantitative estimate of drug-likeness (QED) is 0.832. The largest absolute Gasteiger partial charge is 0.481 e. The predicted molar refractivity (Wildman–Crippen MR) is 57.7 cm³/mol. The van der Waals surface area contributed by atoms with Crippen LogP contribution < -0.4 is 0 Å². The molecule has 5 heteroatoms. The molecule has 0 radical (unpaired) electrons. The van der Waals surface area contributed by atoms with Gasteiger partial charge in [0.2, 0.25) is 0 Å². The standard InChI is InChI=1S/C10H8Cl2O3/c11-6-1-2-7(8(12)5-6)9(13)3-4-10(14)15/h1-2,5H,3-4H2,(H,14,15). The lowest BCUT2D eigenvalue weighted by molar-refractivity contribution is -0.136. The number of benzene rings is 1. The van der Waals surface area contributed by atoms with Crippen LogP contribution in [0.25, 0.3) is 0 Å². The van der Waals surface area contributed by atoms with Gasteiger partial charge in [0.1, 0.15) is 0 Å². The van der Waals surface area contributed by atoms with Crippen molar-refractivity contribution in [2.45, 2.75) is 12.8 Å². The maximum Gasteiger partial charge on any atom is 0.303 e. The van der Waals surface area contributed by atoms with Crippen molar-refractivity contribution < 1.29 is 14.7 Å². The molecule has 0 unspecified atom stereocenters. The number of aliphatic carboxylic acids is 1. The number of carboxylic acid groups (broad SMARTS) is 1. The molecule has 0 heterocycles. The SMILES string of the molecule is O=C(O)CCC(=O)c1ccc(Cl)cc1Cl. The van der Waals surface area contributed by atoms with Crippen LogP contribution in [0.4, 0.5) is 0 Å². The van der Waals surface area contributed by atoms with Gasteiger partial charge >= 0.3 is 5.97 Å². The van der Waals surface area contributed by atoms with Crippen molar-refractivity contribution in [3.63, 3.8) is 0 Å². The van der Waals surface area contributed by atoms with E-state index < -0.39 is 5.97 Å². The number of hydrogen-bond acceptors (Lipinski definition) is 2. The average molecular weight is 247 g/mol. The van der Waals surface area contributed by atoms with Crippen LogP contribution in [-0.2, 0) is 4.79 Å². The van der Waals surface area contributed by atoms with E-state index in [1.807, 2.05) is 0 Å². The molecule has 0 aliphatic rings. The fraction of sp³-hybridized carbons (Fsp3) is 0.200. The Balaban J connectivity index is 2.78. The Morgan fingerprint density at radius 1 is 1.20 bits per heavy atom. The molecule has 0 saturated carbocycles. The summed E-state index contributed by atoms with van der Waals surface area (Å²) < 4.78 is 0. The van der Waals surface area contributed by atoms with Crippen LogP contribution in [0.5, 0.6) is 0 Å². The van der Waals surface area contributed by atoms with Gasteiger partial charge in [-0.15, -0.1) is 0 Å². The molecule has 80 valence electrons. The first-order valence-electron chi connectivity index (χ1n) is 4.20.